The van der Waals surface area contributed by atoms with Gasteiger partial charge < -0.3 is 20.1 Å². The number of methoxy groups -OCH3 is 1. The van der Waals surface area contributed by atoms with Gasteiger partial charge in [0.05, 0.1) is 41.5 Å². The number of pyridine rings is 2. The number of carbonyl (C=O) groups is 3. The molecule has 3 aliphatic rings. The van der Waals surface area contributed by atoms with Gasteiger partial charge in [0, 0.05) is 61.9 Å². The summed E-state index contributed by atoms with van der Waals surface area (Å²) in [5.74, 6) is 0.822. The molecule has 1 atom stereocenters. The first-order valence-electron chi connectivity index (χ1n) is 19.5. The van der Waals surface area contributed by atoms with Crippen LogP contribution in [-0.4, -0.2) is 68.6 Å². The molecule has 6 heterocycles. The van der Waals surface area contributed by atoms with Crippen LogP contribution in [0.4, 0.5) is 11.4 Å². The van der Waals surface area contributed by atoms with E-state index in [9.17, 15) is 14.4 Å². The minimum atomic E-state index is -0.945. The number of aryl methyl sites for hydroxylation is 1. The van der Waals surface area contributed by atoms with Gasteiger partial charge in [-0.3, -0.25) is 24.1 Å². The van der Waals surface area contributed by atoms with Crippen LogP contribution in [0, 0.1) is 18.8 Å². The Bertz CT molecular complexity index is 2360. The highest BCUT2D eigenvalue weighted by atomic mass is 35.5. The minimum absolute atomic E-state index is 0.123. The van der Waals surface area contributed by atoms with Crippen molar-refractivity contribution < 1.29 is 24.2 Å². The number of carboxylic acid groups (broad SMARTS) is 1. The molecule has 2 aliphatic carbocycles. The Hall–Kier alpha value is -4.36. The molecule has 13 heteroatoms. The van der Waals surface area contributed by atoms with Crippen molar-refractivity contribution in [1.82, 2.24) is 19.4 Å². The van der Waals surface area contributed by atoms with Crippen LogP contribution in [0.2, 0.25) is 5.02 Å². The molecular weight excluding hydrogens is 766 g/mol. The highest BCUT2D eigenvalue weighted by molar-refractivity contribution is 7.21. The van der Waals surface area contributed by atoms with Gasteiger partial charge in [0.25, 0.3) is 5.91 Å². The number of nitrogens with one attached hydrogen (secondary N) is 1. The van der Waals surface area contributed by atoms with Crippen LogP contribution in [0.3, 0.4) is 0 Å². The van der Waals surface area contributed by atoms with E-state index in [1.165, 1.54) is 55.9 Å². The molecule has 1 aromatic carbocycles. The molecule has 9 rings (SSSR count). The second kappa shape index (κ2) is 17.8. The van der Waals surface area contributed by atoms with Crippen molar-refractivity contribution in [3.63, 3.8) is 0 Å². The van der Waals surface area contributed by atoms with Crippen molar-refractivity contribution in [2.75, 3.05) is 25.6 Å². The Balaban J connectivity index is 0.000000186. The molecule has 0 unspecified atom stereocenters. The van der Waals surface area contributed by atoms with E-state index in [1.807, 2.05) is 40.7 Å². The van der Waals surface area contributed by atoms with E-state index in [-0.39, 0.29) is 16.7 Å². The number of ether oxygens (including phenoxy) is 1. The summed E-state index contributed by atoms with van der Waals surface area (Å²) in [7, 11) is 1.79. The average Bonchev–Trinajstić information content (AvgIpc) is 3.76. The molecule has 3 fully saturated rings. The van der Waals surface area contributed by atoms with Gasteiger partial charge in [-0.05, 0) is 112 Å². The number of nitrogens with zero attached hydrogens (tertiary/aromatic N) is 4. The van der Waals surface area contributed by atoms with Gasteiger partial charge in [0.2, 0.25) is 5.91 Å². The maximum absolute atomic E-state index is 13.2. The third-order valence-corrected chi connectivity index (χ3v) is 13.6. The summed E-state index contributed by atoms with van der Waals surface area (Å²) >= 11 is 8.50. The third-order valence-electron chi connectivity index (χ3n) is 10.9. The highest BCUT2D eigenvalue weighted by Crippen LogP contribution is 2.37. The second-order valence-corrected chi connectivity index (χ2v) is 17.5. The summed E-state index contributed by atoms with van der Waals surface area (Å²) in [4.78, 5) is 48.2. The normalized spacial score (nSPS) is 16.9. The van der Waals surface area contributed by atoms with Crippen molar-refractivity contribution in [2.24, 2.45) is 11.8 Å². The molecule has 6 aromatic rings. The third kappa shape index (κ3) is 9.09. The van der Waals surface area contributed by atoms with Crippen LogP contribution >= 0.6 is 34.3 Å². The fourth-order valence-corrected chi connectivity index (χ4v) is 9.98. The number of aromatic nitrogens is 3. The van der Waals surface area contributed by atoms with Crippen molar-refractivity contribution >= 4 is 94.8 Å². The number of benzene rings is 1. The van der Waals surface area contributed by atoms with Crippen LogP contribution in [0.1, 0.15) is 101 Å². The van der Waals surface area contributed by atoms with E-state index in [2.05, 4.69) is 34.3 Å². The Morgan fingerprint density at radius 2 is 1.61 bits per heavy atom. The fourth-order valence-electron chi connectivity index (χ4n) is 7.81. The fraction of sp³-hybridized carbons (Fsp3) is 0.419. The summed E-state index contributed by atoms with van der Waals surface area (Å²) < 4.78 is 8.59. The summed E-state index contributed by atoms with van der Waals surface area (Å²) in [6, 6.07) is 15.6. The van der Waals surface area contributed by atoms with Crippen molar-refractivity contribution in [3.8, 4) is 0 Å². The zero-order valence-corrected chi connectivity index (χ0v) is 34.4. The van der Waals surface area contributed by atoms with Gasteiger partial charge >= 0.3 is 5.97 Å². The molecule has 0 radical (unpaired) electrons. The summed E-state index contributed by atoms with van der Waals surface area (Å²) in [6.07, 6.45) is 15.1. The predicted molar refractivity (Wildman–Crippen MR) is 227 cm³/mol. The molecule has 2 saturated carbocycles. The summed E-state index contributed by atoms with van der Waals surface area (Å²) in [6.45, 7) is 5.98. The number of aromatic carboxylic acids is 1. The molecule has 0 spiro atoms. The topological polar surface area (TPSA) is 127 Å². The number of carboxylic acids is 1. The Morgan fingerprint density at radius 3 is 2.30 bits per heavy atom. The molecule has 1 saturated heterocycles. The van der Waals surface area contributed by atoms with Gasteiger partial charge in [-0.2, -0.15) is 0 Å². The van der Waals surface area contributed by atoms with E-state index in [1.54, 1.807) is 25.6 Å². The smallest absolute Gasteiger partial charge is 0.345 e. The molecular formula is C43H48ClN5O5S2. The van der Waals surface area contributed by atoms with Crippen molar-refractivity contribution in [2.45, 2.75) is 84.1 Å². The first-order valence-corrected chi connectivity index (χ1v) is 21.5. The molecule has 1 amide bonds. The number of carbonyl (C=O) groups excluding carboxylic acids is 2. The number of rotatable bonds is 9. The van der Waals surface area contributed by atoms with Gasteiger partial charge in [0.1, 0.15) is 4.88 Å². The van der Waals surface area contributed by atoms with E-state index in [4.69, 9.17) is 21.4 Å². The largest absolute Gasteiger partial charge is 0.477 e. The zero-order valence-electron chi connectivity index (χ0n) is 32.1. The van der Waals surface area contributed by atoms with Gasteiger partial charge in [-0.15, -0.1) is 22.7 Å². The number of anilines is 2. The zero-order chi connectivity index (χ0) is 39.3. The lowest BCUT2D eigenvalue weighted by Gasteiger charge is -2.22. The number of thiophene rings is 2. The number of amides is 1. The van der Waals surface area contributed by atoms with Gasteiger partial charge in [-0.25, -0.2) is 4.79 Å². The first-order chi connectivity index (χ1) is 27.1. The molecule has 0 bridgehead atoms. The predicted octanol–water partition coefficient (Wildman–Crippen LogP) is 11.2. The van der Waals surface area contributed by atoms with Crippen LogP contribution in [-0.2, 0) is 4.74 Å². The SMILES string of the molecule is CC[C@@H]1CCCN1C(=O)c1cc2nccc(Nc3ccc4c(c3)cc(C)n4C(=O)CC3CC3)c2s1.COCC1CCCC1.O=C(O)c1cc2nccc(Cl)c2s1. The lowest BCUT2D eigenvalue weighted by atomic mass is 10.1. The Kier molecular flexibility index (Phi) is 12.7. The molecule has 10 nitrogen and oxygen atoms in total. The number of likely N-dealkylation sites (tertiary alicyclic amines) is 1. The lowest BCUT2D eigenvalue weighted by Crippen LogP contribution is -2.34. The second-order valence-electron chi connectivity index (χ2n) is 15.0. The van der Waals surface area contributed by atoms with Gasteiger partial charge in [0.15, 0.2) is 0 Å². The first kappa shape index (κ1) is 39.9. The van der Waals surface area contributed by atoms with E-state index < -0.39 is 5.97 Å². The van der Waals surface area contributed by atoms with Crippen LogP contribution in [0.15, 0.2) is 60.9 Å². The Morgan fingerprint density at radius 1 is 0.893 bits per heavy atom. The maximum atomic E-state index is 13.2. The average molecular weight is 814 g/mol. The summed E-state index contributed by atoms with van der Waals surface area (Å²) in [5.41, 5.74) is 5.29. The standard InChI is InChI=1S/C28H30N4O2S.C8H4ClNO2S.C7H14O/c1-3-21-5-4-12-31(21)28(34)25-16-23-27(35-25)22(10-11-29-23)30-20-8-9-24-19(15-20)13-17(2)32(24)26(33)14-18-6-7-18;9-4-1-2-10-5-3-6(8(11)12)13-7(4)5;1-8-6-7-4-2-3-5-7/h8-11,13,15-16,18,21H,3-7,12,14H2,1-2H3,(H,29,30);1-3H,(H,11,12);7H,2-6H2,1H3/t21-;;/m1../s1. The molecule has 294 valence electrons. The molecule has 2 N–H and O–H groups in total. The molecule has 5 aromatic heterocycles. The number of hydrogen-bond donors (Lipinski definition) is 2. The molecule has 1 aliphatic heterocycles. The van der Waals surface area contributed by atoms with Crippen LogP contribution in [0.5, 0.6) is 0 Å². The monoisotopic (exact) mass is 813 g/mol. The summed E-state index contributed by atoms with van der Waals surface area (Å²) in [5, 5.41) is 13.8. The lowest BCUT2D eigenvalue weighted by molar-refractivity contribution is 0.0699. The van der Waals surface area contributed by atoms with Crippen molar-refractivity contribution in [1.29, 1.82) is 0 Å². The van der Waals surface area contributed by atoms with E-state index in [0.717, 1.165) is 97.4 Å². The van der Waals surface area contributed by atoms with Gasteiger partial charge in [-0.1, -0.05) is 31.4 Å². The molecule has 56 heavy (non-hydrogen) atoms. The quantitative estimate of drug-likeness (QED) is 0.148. The number of fused-ring (bicyclic) bond motifs is 3. The van der Waals surface area contributed by atoms with E-state index in [0.29, 0.717) is 28.9 Å². The highest BCUT2D eigenvalue weighted by Gasteiger charge is 2.30. The van der Waals surface area contributed by atoms with E-state index >= 15 is 0 Å². The van der Waals surface area contributed by atoms with Crippen LogP contribution in [0.25, 0.3) is 31.3 Å². The van der Waals surface area contributed by atoms with Crippen molar-refractivity contribution in [3.05, 3.63) is 81.4 Å². The maximum Gasteiger partial charge on any atom is 0.345 e. The minimum Gasteiger partial charge on any atom is -0.477 e. The number of halogens is 1. The number of hydrogen-bond acceptors (Lipinski definition) is 9. The Labute approximate surface area is 339 Å². The van der Waals surface area contributed by atoms with Crippen LogP contribution < -0.4 is 5.32 Å².